The Kier molecular flexibility index (Phi) is 7.59. The zero-order valence-corrected chi connectivity index (χ0v) is 17.0. The molecule has 1 N–H and O–H groups in total. The lowest BCUT2D eigenvalue weighted by atomic mass is 10.1. The molecule has 1 saturated heterocycles. The Labute approximate surface area is 173 Å². The summed E-state index contributed by atoms with van der Waals surface area (Å²) in [6.07, 6.45) is 5.19. The molecule has 0 bridgehead atoms. The summed E-state index contributed by atoms with van der Waals surface area (Å²) in [5.41, 5.74) is 2.31. The average Bonchev–Trinajstić information content (AvgIpc) is 2.78. The van der Waals surface area contributed by atoms with Gasteiger partial charge in [-0.3, -0.25) is 14.5 Å². The third-order valence-electron chi connectivity index (χ3n) is 5.04. The Morgan fingerprint density at radius 3 is 2.41 bits per heavy atom. The molecule has 0 atom stereocenters. The van der Waals surface area contributed by atoms with Gasteiger partial charge in [-0.05, 0) is 30.2 Å². The predicted octanol–water partition coefficient (Wildman–Crippen LogP) is 3.30. The molecule has 2 aromatic carbocycles. The minimum Gasteiger partial charge on any atom is -0.352 e. The number of benzene rings is 2. The highest BCUT2D eigenvalue weighted by molar-refractivity contribution is 5.99. The van der Waals surface area contributed by atoms with Crippen molar-refractivity contribution in [3.8, 4) is 0 Å². The van der Waals surface area contributed by atoms with Gasteiger partial charge < -0.3 is 10.2 Å². The van der Waals surface area contributed by atoms with Crippen LogP contribution in [0.15, 0.2) is 60.7 Å². The van der Waals surface area contributed by atoms with Crippen LogP contribution in [-0.2, 0) is 0 Å². The van der Waals surface area contributed by atoms with E-state index in [2.05, 4.69) is 34.5 Å². The number of nitrogens with one attached hydrogen (secondary N) is 1. The first kappa shape index (κ1) is 20.8. The molecule has 0 aromatic heterocycles. The Morgan fingerprint density at radius 1 is 0.966 bits per heavy atom. The highest BCUT2D eigenvalue weighted by atomic mass is 16.2. The number of piperazine rings is 1. The average molecular weight is 392 g/mol. The van der Waals surface area contributed by atoms with Gasteiger partial charge in [-0.25, -0.2) is 0 Å². The maximum atomic E-state index is 12.9. The first-order valence-electron chi connectivity index (χ1n) is 10.3. The molecule has 0 unspecified atom stereocenters. The number of amides is 2. The van der Waals surface area contributed by atoms with E-state index in [1.165, 1.54) is 5.56 Å². The molecular formula is C24H29N3O2. The minimum absolute atomic E-state index is 0.00498. The third-order valence-corrected chi connectivity index (χ3v) is 5.04. The van der Waals surface area contributed by atoms with E-state index in [-0.39, 0.29) is 11.8 Å². The molecule has 1 aliphatic heterocycles. The molecule has 5 nitrogen and oxygen atoms in total. The van der Waals surface area contributed by atoms with Crippen molar-refractivity contribution in [2.75, 3.05) is 39.3 Å². The molecule has 0 aliphatic carbocycles. The summed E-state index contributed by atoms with van der Waals surface area (Å²) < 4.78 is 0. The van der Waals surface area contributed by atoms with Crippen LogP contribution in [0.25, 0.3) is 6.08 Å². The first-order valence-corrected chi connectivity index (χ1v) is 10.3. The van der Waals surface area contributed by atoms with E-state index >= 15 is 0 Å². The van der Waals surface area contributed by atoms with Gasteiger partial charge in [-0.1, -0.05) is 55.5 Å². The molecular weight excluding hydrogens is 362 g/mol. The molecule has 0 spiro atoms. The SMILES string of the molecule is CCCNC(=O)c1cccc(C(=O)N2CCN(C/C=C/c3ccccc3)CC2)c1. The van der Waals surface area contributed by atoms with E-state index in [1.54, 1.807) is 24.3 Å². The summed E-state index contributed by atoms with van der Waals surface area (Å²) in [5, 5.41) is 2.85. The molecule has 152 valence electrons. The monoisotopic (exact) mass is 391 g/mol. The number of nitrogens with zero attached hydrogens (tertiary/aromatic N) is 2. The van der Waals surface area contributed by atoms with E-state index in [1.807, 2.05) is 30.0 Å². The van der Waals surface area contributed by atoms with Crippen LogP contribution in [0.2, 0.25) is 0 Å². The number of rotatable bonds is 7. The molecule has 2 amide bonds. The van der Waals surface area contributed by atoms with Crippen molar-refractivity contribution < 1.29 is 9.59 Å². The maximum Gasteiger partial charge on any atom is 0.253 e. The van der Waals surface area contributed by atoms with Crippen molar-refractivity contribution in [3.63, 3.8) is 0 Å². The Hall–Kier alpha value is -2.92. The van der Waals surface area contributed by atoms with Crippen molar-refractivity contribution >= 4 is 17.9 Å². The first-order chi connectivity index (χ1) is 14.2. The van der Waals surface area contributed by atoms with E-state index in [4.69, 9.17) is 0 Å². The standard InChI is InChI=1S/C24H29N3O2/c1-2-13-25-23(28)21-11-6-12-22(19-21)24(29)27-17-15-26(16-18-27)14-7-10-20-8-4-3-5-9-20/h3-12,19H,2,13-18H2,1H3,(H,25,28)/b10-7+. The highest BCUT2D eigenvalue weighted by Gasteiger charge is 2.22. The van der Waals surface area contributed by atoms with Crippen molar-refractivity contribution in [1.29, 1.82) is 0 Å². The lowest BCUT2D eigenvalue weighted by molar-refractivity contribution is 0.0650. The van der Waals surface area contributed by atoms with Gasteiger partial charge in [0, 0.05) is 50.4 Å². The van der Waals surface area contributed by atoms with E-state index in [0.717, 1.165) is 26.1 Å². The molecule has 1 fully saturated rings. The molecule has 5 heteroatoms. The maximum absolute atomic E-state index is 12.9. The third kappa shape index (κ3) is 6.03. The lowest BCUT2D eigenvalue weighted by Crippen LogP contribution is -2.48. The van der Waals surface area contributed by atoms with Crippen LogP contribution in [0, 0.1) is 0 Å². The number of hydrogen-bond acceptors (Lipinski definition) is 3. The zero-order valence-electron chi connectivity index (χ0n) is 17.0. The van der Waals surface area contributed by atoms with Gasteiger partial charge in [0.25, 0.3) is 11.8 Å². The predicted molar refractivity (Wildman–Crippen MR) is 117 cm³/mol. The Bertz CT molecular complexity index is 840. The summed E-state index contributed by atoms with van der Waals surface area (Å²) in [7, 11) is 0. The van der Waals surface area contributed by atoms with Crippen LogP contribution in [0.3, 0.4) is 0 Å². The lowest BCUT2D eigenvalue weighted by Gasteiger charge is -2.34. The molecule has 0 radical (unpaired) electrons. The molecule has 0 saturated carbocycles. The summed E-state index contributed by atoms with van der Waals surface area (Å²) in [6, 6.07) is 17.3. The van der Waals surface area contributed by atoms with Crippen LogP contribution >= 0.6 is 0 Å². The van der Waals surface area contributed by atoms with E-state index in [9.17, 15) is 9.59 Å². The number of hydrogen-bond donors (Lipinski definition) is 1. The second-order valence-corrected chi connectivity index (χ2v) is 7.24. The molecule has 3 rings (SSSR count). The highest BCUT2D eigenvalue weighted by Crippen LogP contribution is 2.12. The van der Waals surface area contributed by atoms with Gasteiger partial charge in [0.15, 0.2) is 0 Å². The quantitative estimate of drug-likeness (QED) is 0.788. The fraction of sp³-hybridized carbons (Fsp3) is 0.333. The normalized spacial score (nSPS) is 14.9. The second-order valence-electron chi connectivity index (χ2n) is 7.24. The Balaban J connectivity index is 1.51. The van der Waals surface area contributed by atoms with Gasteiger partial charge >= 0.3 is 0 Å². The smallest absolute Gasteiger partial charge is 0.253 e. The molecule has 1 heterocycles. The van der Waals surface area contributed by atoms with Crippen LogP contribution in [0.5, 0.6) is 0 Å². The van der Waals surface area contributed by atoms with Crippen molar-refractivity contribution in [2.24, 2.45) is 0 Å². The van der Waals surface area contributed by atoms with Crippen molar-refractivity contribution in [2.45, 2.75) is 13.3 Å². The van der Waals surface area contributed by atoms with Gasteiger partial charge in [0.05, 0.1) is 0 Å². The van der Waals surface area contributed by atoms with Gasteiger partial charge in [0.1, 0.15) is 0 Å². The van der Waals surface area contributed by atoms with E-state index in [0.29, 0.717) is 30.8 Å². The van der Waals surface area contributed by atoms with Gasteiger partial charge in [0.2, 0.25) is 0 Å². The molecule has 1 aliphatic rings. The van der Waals surface area contributed by atoms with Gasteiger partial charge in [-0.2, -0.15) is 0 Å². The minimum atomic E-state index is -0.128. The zero-order chi connectivity index (χ0) is 20.5. The number of carbonyl (C=O) groups excluding carboxylic acids is 2. The van der Waals surface area contributed by atoms with Crippen LogP contribution < -0.4 is 5.32 Å². The van der Waals surface area contributed by atoms with Gasteiger partial charge in [-0.15, -0.1) is 0 Å². The fourth-order valence-corrected chi connectivity index (χ4v) is 3.35. The summed E-state index contributed by atoms with van der Waals surface area (Å²) in [6.45, 7) is 6.62. The second kappa shape index (κ2) is 10.6. The van der Waals surface area contributed by atoms with Crippen LogP contribution in [0.1, 0.15) is 39.6 Å². The van der Waals surface area contributed by atoms with Crippen molar-refractivity contribution in [1.82, 2.24) is 15.1 Å². The topological polar surface area (TPSA) is 52.7 Å². The summed E-state index contributed by atoms with van der Waals surface area (Å²) >= 11 is 0. The molecule has 2 aromatic rings. The summed E-state index contributed by atoms with van der Waals surface area (Å²) in [5.74, 6) is -0.133. The van der Waals surface area contributed by atoms with E-state index < -0.39 is 0 Å². The van der Waals surface area contributed by atoms with Crippen LogP contribution in [0.4, 0.5) is 0 Å². The summed E-state index contributed by atoms with van der Waals surface area (Å²) in [4.78, 5) is 29.2. The molecule has 29 heavy (non-hydrogen) atoms. The fourth-order valence-electron chi connectivity index (χ4n) is 3.35. The largest absolute Gasteiger partial charge is 0.352 e. The Morgan fingerprint density at radius 2 is 1.69 bits per heavy atom. The van der Waals surface area contributed by atoms with Crippen LogP contribution in [-0.4, -0.2) is 60.9 Å². The number of carbonyl (C=O) groups is 2. The van der Waals surface area contributed by atoms with Crippen molar-refractivity contribution in [3.05, 3.63) is 77.4 Å².